The van der Waals surface area contributed by atoms with Gasteiger partial charge in [0.25, 0.3) is 0 Å². The minimum Gasteiger partial charge on any atom is -0.496 e. The molecule has 0 spiro atoms. The van der Waals surface area contributed by atoms with Gasteiger partial charge in [0.15, 0.2) is 5.96 Å². The van der Waals surface area contributed by atoms with E-state index in [0.29, 0.717) is 17.9 Å². The average molecular weight is 481 g/mol. The number of hydrogen-bond acceptors (Lipinski definition) is 5. The fourth-order valence-electron chi connectivity index (χ4n) is 2.12. The Hall–Kier alpha value is -1.16. The van der Waals surface area contributed by atoms with Crippen molar-refractivity contribution in [3.63, 3.8) is 0 Å². The Kier molecular flexibility index (Phi) is 13.4. The highest BCUT2D eigenvalue weighted by atomic mass is 127. The van der Waals surface area contributed by atoms with Crippen LogP contribution in [0.15, 0.2) is 23.2 Å². The van der Waals surface area contributed by atoms with Gasteiger partial charge < -0.3 is 20.1 Å². The Balaban J connectivity index is 0.00000576. The summed E-state index contributed by atoms with van der Waals surface area (Å²) in [5, 5.41) is 6.52. The number of unbranched alkanes of at least 4 members (excludes halogenated alkanes) is 1. The van der Waals surface area contributed by atoms with Gasteiger partial charge in [-0.15, -0.1) is 24.0 Å². The fourth-order valence-corrected chi connectivity index (χ4v) is 2.61. The number of carbonyl (C=O) groups is 1. The van der Waals surface area contributed by atoms with Gasteiger partial charge in [-0.05, 0) is 42.5 Å². The number of methoxy groups -OCH3 is 2. The molecule has 25 heavy (non-hydrogen) atoms. The number of nitrogens with zero attached hydrogens (tertiary/aromatic N) is 1. The number of benzene rings is 1. The maximum atomic E-state index is 11.8. The molecule has 0 amide bonds. The molecular weight excluding hydrogens is 453 g/mol. The molecule has 0 radical (unpaired) electrons. The summed E-state index contributed by atoms with van der Waals surface area (Å²) in [6, 6.07) is 5.44. The minimum absolute atomic E-state index is 0. The summed E-state index contributed by atoms with van der Waals surface area (Å²) in [6.07, 6.45) is 4.41. The molecule has 0 atom stereocenters. The molecule has 0 bridgehead atoms. The molecule has 0 saturated carbocycles. The van der Waals surface area contributed by atoms with Crippen LogP contribution < -0.4 is 15.4 Å². The zero-order valence-electron chi connectivity index (χ0n) is 15.3. The van der Waals surface area contributed by atoms with E-state index in [4.69, 9.17) is 9.47 Å². The average Bonchev–Trinajstić information content (AvgIpc) is 2.63. The minimum atomic E-state index is -0.412. The summed E-state index contributed by atoms with van der Waals surface area (Å²) >= 11 is 1.86. The number of esters is 1. The first-order chi connectivity index (χ1) is 11.7. The molecular formula is C17H28IN3O3S. The van der Waals surface area contributed by atoms with E-state index in [1.807, 2.05) is 17.8 Å². The Morgan fingerprint density at radius 3 is 2.60 bits per heavy atom. The van der Waals surface area contributed by atoms with Gasteiger partial charge in [-0.3, -0.25) is 4.99 Å². The number of hydrogen-bond donors (Lipinski definition) is 2. The van der Waals surface area contributed by atoms with Crippen LogP contribution in [0.5, 0.6) is 5.75 Å². The zero-order chi connectivity index (χ0) is 17.8. The summed E-state index contributed by atoms with van der Waals surface area (Å²) in [5.74, 6) is 2.01. The van der Waals surface area contributed by atoms with Crippen molar-refractivity contribution in [3.05, 3.63) is 29.3 Å². The van der Waals surface area contributed by atoms with Crippen molar-refractivity contribution in [1.29, 1.82) is 0 Å². The number of carbonyl (C=O) groups excluding carboxylic acids is 1. The molecule has 0 aliphatic heterocycles. The second-order valence-corrected chi connectivity index (χ2v) is 6.06. The van der Waals surface area contributed by atoms with E-state index >= 15 is 0 Å². The van der Waals surface area contributed by atoms with E-state index in [-0.39, 0.29) is 24.0 Å². The van der Waals surface area contributed by atoms with Crippen molar-refractivity contribution in [2.75, 3.05) is 39.8 Å². The van der Waals surface area contributed by atoms with Gasteiger partial charge in [-0.2, -0.15) is 11.8 Å². The standard InChI is InChI=1S/C17H27N3O3S.HI/c1-18-17(19-9-5-6-10-24-4)20-12-13-7-8-15(22-2)14(11-13)16(21)23-3;/h7-8,11H,5-6,9-10,12H2,1-4H3,(H2,18,19,20);1H. The first kappa shape index (κ1) is 23.8. The lowest BCUT2D eigenvalue weighted by molar-refractivity contribution is 0.0597. The second kappa shape index (κ2) is 14.1. The van der Waals surface area contributed by atoms with E-state index < -0.39 is 5.97 Å². The van der Waals surface area contributed by atoms with Gasteiger partial charge >= 0.3 is 5.97 Å². The predicted octanol–water partition coefficient (Wildman–Crippen LogP) is 2.91. The lowest BCUT2D eigenvalue weighted by Crippen LogP contribution is -2.37. The molecule has 0 aliphatic rings. The molecule has 0 fully saturated rings. The molecule has 1 rings (SSSR count). The van der Waals surface area contributed by atoms with Crippen molar-refractivity contribution < 1.29 is 14.3 Å². The highest BCUT2D eigenvalue weighted by Crippen LogP contribution is 2.20. The normalized spacial score (nSPS) is 10.6. The predicted molar refractivity (Wildman–Crippen MR) is 116 cm³/mol. The maximum Gasteiger partial charge on any atom is 0.341 e. The highest BCUT2D eigenvalue weighted by molar-refractivity contribution is 14.0. The lowest BCUT2D eigenvalue weighted by atomic mass is 10.1. The second-order valence-electron chi connectivity index (χ2n) is 5.08. The smallest absolute Gasteiger partial charge is 0.341 e. The first-order valence-corrected chi connectivity index (χ1v) is 9.24. The van der Waals surface area contributed by atoms with Crippen LogP contribution in [0.25, 0.3) is 0 Å². The number of guanidine groups is 1. The van der Waals surface area contributed by atoms with Crippen LogP contribution in [0.2, 0.25) is 0 Å². The quantitative estimate of drug-likeness (QED) is 0.186. The Morgan fingerprint density at radius 1 is 1.24 bits per heavy atom. The molecule has 1 aromatic rings. The molecule has 6 nitrogen and oxygen atoms in total. The fraction of sp³-hybridized carbons (Fsp3) is 0.529. The highest BCUT2D eigenvalue weighted by Gasteiger charge is 2.13. The van der Waals surface area contributed by atoms with Crippen molar-refractivity contribution in [1.82, 2.24) is 10.6 Å². The number of thioether (sulfide) groups is 1. The molecule has 0 unspecified atom stereocenters. The summed E-state index contributed by atoms with van der Waals surface area (Å²) in [7, 11) is 4.63. The summed E-state index contributed by atoms with van der Waals surface area (Å²) in [6.45, 7) is 1.44. The van der Waals surface area contributed by atoms with E-state index in [0.717, 1.165) is 24.5 Å². The van der Waals surface area contributed by atoms with Crippen molar-refractivity contribution >= 4 is 47.7 Å². The molecule has 0 aromatic heterocycles. The molecule has 0 heterocycles. The number of aliphatic imine (C=N–C) groups is 1. The monoisotopic (exact) mass is 481 g/mol. The summed E-state index contributed by atoms with van der Waals surface area (Å²) < 4.78 is 9.99. The van der Waals surface area contributed by atoms with Gasteiger partial charge in [0, 0.05) is 20.1 Å². The van der Waals surface area contributed by atoms with Gasteiger partial charge in [-0.25, -0.2) is 4.79 Å². The third-order valence-electron chi connectivity index (χ3n) is 3.42. The van der Waals surface area contributed by atoms with Crippen LogP contribution in [-0.2, 0) is 11.3 Å². The van der Waals surface area contributed by atoms with Crippen LogP contribution >= 0.6 is 35.7 Å². The topological polar surface area (TPSA) is 72.0 Å². The third kappa shape index (κ3) is 8.66. The molecule has 1 aromatic carbocycles. The van der Waals surface area contributed by atoms with Crippen LogP contribution in [-0.4, -0.2) is 51.7 Å². The van der Waals surface area contributed by atoms with Crippen LogP contribution in [0.1, 0.15) is 28.8 Å². The Labute approximate surface area is 171 Å². The van der Waals surface area contributed by atoms with Crippen LogP contribution in [0.4, 0.5) is 0 Å². The van der Waals surface area contributed by atoms with E-state index in [9.17, 15) is 4.79 Å². The van der Waals surface area contributed by atoms with E-state index in [2.05, 4.69) is 21.9 Å². The molecule has 8 heteroatoms. The molecule has 142 valence electrons. The van der Waals surface area contributed by atoms with Gasteiger partial charge in [0.1, 0.15) is 11.3 Å². The Bertz CT molecular complexity index is 556. The zero-order valence-corrected chi connectivity index (χ0v) is 18.4. The third-order valence-corrected chi connectivity index (χ3v) is 4.12. The van der Waals surface area contributed by atoms with Crippen LogP contribution in [0, 0.1) is 0 Å². The van der Waals surface area contributed by atoms with Crippen LogP contribution in [0.3, 0.4) is 0 Å². The maximum absolute atomic E-state index is 11.8. The largest absolute Gasteiger partial charge is 0.496 e. The van der Waals surface area contributed by atoms with E-state index in [1.54, 1.807) is 19.2 Å². The summed E-state index contributed by atoms with van der Waals surface area (Å²) in [4.78, 5) is 16.0. The first-order valence-electron chi connectivity index (χ1n) is 7.85. The van der Waals surface area contributed by atoms with Crippen molar-refractivity contribution in [2.45, 2.75) is 19.4 Å². The van der Waals surface area contributed by atoms with Gasteiger partial charge in [0.05, 0.1) is 14.2 Å². The van der Waals surface area contributed by atoms with E-state index in [1.165, 1.54) is 26.4 Å². The Morgan fingerprint density at radius 2 is 2.00 bits per heavy atom. The van der Waals surface area contributed by atoms with Crippen molar-refractivity contribution in [2.24, 2.45) is 4.99 Å². The molecule has 2 N–H and O–H groups in total. The SMILES string of the molecule is CN=C(NCCCCSC)NCc1ccc(OC)c(C(=O)OC)c1.I. The lowest BCUT2D eigenvalue weighted by Gasteiger charge is -2.13. The summed E-state index contributed by atoms with van der Waals surface area (Å²) in [5.41, 5.74) is 1.36. The molecule has 0 saturated heterocycles. The number of rotatable bonds is 9. The molecule has 0 aliphatic carbocycles. The number of halogens is 1. The van der Waals surface area contributed by atoms with Crippen molar-refractivity contribution in [3.8, 4) is 5.75 Å². The van der Waals surface area contributed by atoms with Gasteiger partial charge in [0.2, 0.25) is 0 Å². The van der Waals surface area contributed by atoms with Gasteiger partial charge in [-0.1, -0.05) is 6.07 Å². The number of ether oxygens (including phenoxy) is 2. The number of nitrogens with one attached hydrogen (secondary N) is 2.